The monoisotopic (exact) mass is 430 g/mol. The van der Waals surface area contributed by atoms with Gasteiger partial charge in [-0.25, -0.2) is 4.79 Å². The second kappa shape index (κ2) is 10.9. The number of pyridine rings is 2. The highest BCUT2D eigenvalue weighted by Gasteiger charge is 2.22. The van der Waals surface area contributed by atoms with Crippen LogP contribution in [0.2, 0.25) is 0 Å². The summed E-state index contributed by atoms with van der Waals surface area (Å²) in [5.41, 5.74) is 4.63. The fourth-order valence-electron chi connectivity index (χ4n) is 3.87. The van der Waals surface area contributed by atoms with Crippen molar-refractivity contribution in [3.05, 3.63) is 89.5 Å². The highest BCUT2D eigenvalue weighted by molar-refractivity contribution is 5.70. The third kappa shape index (κ3) is 6.37. The molecule has 166 valence electrons. The van der Waals surface area contributed by atoms with Gasteiger partial charge < -0.3 is 9.64 Å². The van der Waals surface area contributed by atoms with Gasteiger partial charge in [0.1, 0.15) is 5.75 Å². The summed E-state index contributed by atoms with van der Waals surface area (Å²) in [5.74, 6) is 0.588. The van der Waals surface area contributed by atoms with E-state index < -0.39 is 0 Å². The van der Waals surface area contributed by atoms with E-state index in [-0.39, 0.29) is 6.09 Å². The fourth-order valence-corrected chi connectivity index (χ4v) is 3.87. The van der Waals surface area contributed by atoms with Crippen molar-refractivity contribution in [2.45, 2.75) is 26.2 Å². The number of ether oxygens (including phenoxy) is 1. The number of piperazine rings is 1. The summed E-state index contributed by atoms with van der Waals surface area (Å²) in [5, 5.41) is 0. The molecule has 1 amide bonds. The maximum atomic E-state index is 12.5. The summed E-state index contributed by atoms with van der Waals surface area (Å²) in [6.07, 6.45) is 6.14. The number of aromatic nitrogens is 2. The third-order valence-electron chi connectivity index (χ3n) is 5.81. The number of nitrogens with zero attached hydrogens (tertiary/aromatic N) is 4. The Bertz CT molecular complexity index is 1000. The van der Waals surface area contributed by atoms with Crippen molar-refractivity contribution in [1.82, 2.24) is 19.8 Å². The Morgan fingerprint density at radius 1 is 0.875 bits per heavy atom. The molecule has 0 saturated carbocycles. The molecule has 0 spiro atoms. The van der Waals surface area contributed by atoms with E-state index in [1.165, 1.54) is 11.1 Å². The Balaban J connectivity index is 1.19. The van der Waals surface area contributed by atoms with Crippen molar-refractivity contribution in [1.29, 1.82) is 0 Å². The van der Waals surface area contributed by atoms with Crippen LogP contribution < -0.4 is 4.74 Å². The lowest BCUT2D eigenvalue weighted by Gasteiger charge is -2.33. The lowest BCUT2D eigenvalue weighted by Crippen LogP contribution is -2.49. The van der Waals surface area contributed by atoms with Crippen LogP contribution in [-0.4, -0.2) is 58.6 Å². The van der Waals surface area contributed by atoms with Crippen molar-refractivity contribution >= 4 is 6.09 Å². The molecule has 1 aromatic carbocycles. The molecule has 0 aliphatic carbocycles. The van der Waals surface area contributed by atoms with Crippen molar-refractivity contribution in [3.8, 4) is 5.75 Å². The first-order chi connectivity index (χ1) is 15.7. The van der Waals surface area contributed by atoms with E-state index in [0.717, 1.165) is 50.3 Å². The summed E-state index contributed by atoms with van der Waals surface area (Å²) in [6.45, 7) is 6.11. The predicted molar refractivity (Wildman–Crippen MR) is 125 cm³/mol. The Kier molecular flexibility index (Phi) is 7.46. The molecular formula is C26H30N4O2. The van der Waals surface area contributed by atoms with Crippen molar-refractivity contribution in [2.75, 3.05) is 32.7 Å². The highest BCUT2D eigenvalue weighted by Crippen LogP contribution is 2.16. The lowest BCUT2D eigenvalue weighted by atomic mass is 10.1. The average molecular weight is 431 g/mol. The lowest BCUT2D eigenvalue weighted by molar-refractivity contribution is 0.111. The quantitative estimate of drug-likeness (QED) is 0.568. The largest absolute Gasteiger partial charge is 0.415 e. The molecule has 2 aromatic heterocycles. The molecule has 0 atom stereocenters. The van der Waals surface area contributed by atoms with E-state index in [9.17, 15) is 4.79 Å². The van der Waals surface area contributed by atoms with Gasteiger partial charge in [-0.05, 0) is 67.3 Å². The molecule has 4 rings (SSSR count). The molecule has 1 aliphatic heterocycles. The second-order valence-corrected chi connectivity index (χ2v) is 8.24. The van der Waals surface area contributed by atoms with Crippen LogP contribution in [0.25, 0.3) is 0 Å². The van der Waals surface area contributed by atoms with Crippen LogP contribution in [0.5, 0.6) is 5.75 Å². The van der Waals surface area contributed by atoms with E-state index >= 15 is 0 Å². The Morgan fingerprint density at radius 3 is 2.38 bits per heavy atom. The van der Waals surface area contributed by atoms with Crippen LogP contribution in [0.15, 0.2) is 67.0 Å². The first-order valence-electron chi connectivity index (χ1n) is 11.3. The van der Waals surface area contributed by atoms with Gasteiger partial charge in [-0.3, -0.25) is 14.9 Å². The predicted octanol–water partition coefficient (Wildman–Crippen LogP) is 3.93. The summed E-state index contributed by atoms with van der Waals surface area (Å²) in [6, 6.07) is 17.9. The smallest absolute Gasteiger partial charge is 0.410 e. The SMILES string of the molecule is Cc1ccnc(CCc2ccc(OC(=O)N3CCN(CCc4ccccn4)CC3)cc2)c1. The summed E-state index contributed by atoms with van der Waals surface area (Å²) in [7, 11) is 0. The molecule has 6 heteroatoms. The number of amides is 1. The van der Waals surface area contributed by atoms with Crippen LogP contribution in [0.4, 0.5) is 4.79 Å². The molecular weight excluding hydrogens is 400 g/mol. The van der Waals surface area contributed by atoms with E-state index in [2.05, 4.69) is 33.9 Å². The van der Waals surface area contributed by atoms with E-state index in [1.807, 2.05) is 54.9 Å². The van der Waals surface area contributed by atoms with Gasteiger partial charge in [-0.15, -0.1) is 0 Å². The summed E-state index contributed by atoms with van der Waals surface area (Å²) < 4.78 is 5.60. The second-order valence-electron chi connectivity index (χ2n) is 8.24. The zero-order chi connectivity index (χ0) is 22.2. The van der Waals surface area contributed by atoms with Gasteiger partial charge in [-0.1, -0.05) is 18.2 Å². The first kappa shape index (κ1) is 22.0. The van der Waals surface area contributed by atoms with Gasteiger partial charge in [-0.2, -0.15) is 0 Å². The molecule has 0 unspecified atom stereocenters. The Hall–Kier alpha value is -3.25. The molecule has 3 aromatic rings. The minimum Gasteiger partial charge on any atom is -0.410 e. The average Bonchev–Trinajstić information content (AvgIpc) is 2.83. The zero-order valence-electron chi connectivity index (χ0n) is 18.6. The number of carbonyl (C=O) groups excluding carboxylic acids is 1. The van der Waals surface area contributed by atoms with Gasteiger partial charge in [0.05, 0.1) is 0 Å². The van der Waals surface area contributed by atoms with Crippen molar-refractivity contribution < 1.29 is 9.53 Å². The third-order valence-corrected chi connectivity index (χ3v) is 5.81. The van der Waals surface area contributed by atoms with Crippen LogP contribution in [0.1, 0.15) is 22.5 Å². The van der Waals surface area contributed by atoms with Gasteiger partial charge in [0.2, 0.25) is 0 Å². The highest BCUT2D eigenvalue weighted by atomic mass is 16.6. The summed E-state index contributed by atoms with van der Waals surface area (Å²) >= 11 is 0. The molecule has 1 saturated heterocycles. The minimum atomic E-state index is -0.272. The molecule has 0 radical (unpaired) electrons. The maximum absolute atomic E-state index is 12.5. The number of aryl methyl sites for hydroxylation is 3. The minimum absolute atomic E-state index is 0.272. The van der Waals surface area contributed by atoms with Crippen molar-refractivity contribution in [2.24, 2.45) is 0 Å². The Morgan fingerprint density at radius 2 is 1.66 bits per heavy atom. The Labute approximate surface area is 189 Å². The van der Waals surface area contributed by atoms with Gasteiger partial charge in [0.15, 0.2) is 0 Å². The molecule has 1 fully saturated rings. The maximum Gasteiger partial charge on any atom is 0.415 e. The van der Waals surface area contributed by atoms with E-state index in [1.54, 1.807) is 4.90 Å². The topological polar surface area (TPSA) is 58.6 Å². The van der Waals surface area contributed by atoms with Gasteiger partial charge >= 0.3 is 6.09 Å². The van der Waals surface area contributed by atoms with Crippen LogP contribution >= 0.6 is 0 Å². The van der Waals surface area contributed by atoms with Gasteiger partial charge in [0, 0.05) is 62.9 Å². The van der Waals surface area contributed by atoms with Gasteiger partial charge in [0.25, 0.3) is 0 Å². The van der Waals surface area contributed by atoms with E-state index in [0.29, 0.717) is 18.8 Å². The molecule has 0 bridgehead atoms. The van der Waals surface area contributed by atoms with Crippen LogP contribution in [0.3, 0.4) is 0 Å². The molecule has 0 N–H and O–H groups in total. The fraction of sp³-hybridized carbons (Fsp3) is 0.346. The normalized spacial score (nSPS) is 14.3. The number of benzene rings is 1. The molecule has 32 heavy (non-hydrogen) atoms. The first-order valence-corrected chi connectivity index (χ1v) is 11.3. The zero-order valence-corrected chi connectivity index (χ0v) is 18.6. The standard InChI is InChI=1S/C26H30N4O2/c1-21-11-14-28-24(20-21)8-5-22-6-9-25(10-7-22)32-26(31)30-18-16-29(17-19-30)15-12-23-4-2-3-13-27-23/h2-4,6-7,9-11,13-14,20H,5,8,12,15-19H2,1H3. The number of rotatable bonds is 7. The molecule has 1 aliphatic rings. The number of carbonyl (C=O) groups is 1. The molecule has 3 heterocycles. The number of hydrogen-bond donors (Lipinski definition) is 0. The summed E-state index contributed by atoms with van der Waals surface area (Å²) in [4.78, 5) is 25.5. The van der Waals surface area contributed by atoms with Crippen LogP contribution in [0, 0.1) is 6.92 Å². The van der Waals surface area contributed by atoms with Crippen LogP contribution in [-0.2, 0) is 19.3 Å². The van der Waals surface area contributed by atoms with Crippen molar-refractivity contribution in [3.63, 3.8) is 0 Å². The number of hydrogen-bond acceptors (Lipinski definition) is 5. The molecule has 6 nitrogen and oxygen atoms in total. The van der Waals surface area contributed by atoms with E-state index in [4.69, 9.17) is 4.74 Å².